The fourth-order valence-electron chi connectivity index (χ4n) is 1.54. The highest BCUT2D eigenvalue weighted by molar-refractivity contribution is 7.98. The van der Waals surface area contributed by atoms with Gasteiger partial charge < -0.3 is 4.90 Å². The van der Waals surface area contributed by atoms with Gasteiger partial charge in [-0.25, -0.2) is 9.97 Å². The topological polar surface area (TPSA) is 46.1 Å². The average molecular weight is 294 g/mol. The SMILES string of the molecule is CSc1ncc(C(=O)N(C)c2ccccc2)c(Cl)n1. The van der Waals surface area contributed by atoms with Gasteiger partial charge in [0.05, 0.1) is 5.56 Å². The molecule has 0 fully saturated rings. The van der Waals surface area contributed by atoms with E-state index in [2.05, 4.69) is 9.97 Å². The first-order valence-electron chi connectivity index (χ1n) is 5.53. The highest BCUT2D eigenvalue weighted by atomic mass is 35.5. The van der Waals surface area contributed by atoms with Crippen LogP contribution in [0.3, 0.4) is 0 Å². The lowest BCUT2D eigenvalue weighted by atomic mass is 10.2. The van der Waals surface area contributed by atoms with Crippen LogP contribution in [-0.2, 0) is 0 Å². The van der Waals surface area contributed by atoms with E-state index in [9.17, 15) is 4.79 Å². The van der Waals surface area contributed by atoms with Crippen molar-refractivity contribution in [3.63, 3.8) is 0 Å². The summed E-state index contributed by atoms with van der Waals surface area (Å²) in [5.74, 6) is -0.233. The summed E-state index contributed by atoms with van der Waals surface area (Å²) < 4.78 is 0. The van der Waals surface area contributed by atoms with Crippen molar-refractivity contribution in [2.24, 2.45) is 0 Å². The zero-order valence-electron chi connectivity index (χ0n) is 10.5. The molecule has 0 saturated carbocycles. The lowest BCUT2D eigenvalue weighted by Crippen LogP contribution is -2.26. The summed E-state index contributed by atoms with van der Waals surface area (Å²) in [6.45, 7) is 0. The molecule has 0 bridgehead atoms. The van der Waals surface area contributed by atoms with Crippen LogP contribution in [0.1, 0.15) is 10.4 Å². The molecular formula is C13H12ClN3OS. The summed E-state index contributed by atoms with van der Waals surface area (Å²) in [5, 5.41) is 0.719. The number of aromatic nitrogens is 2. The number of para-hydroxylation sites is 1. The lowest BCUT2D eigenvalue weighted by molar-refractivity contribution is 0.0992. The van der Waals surface area contributed by atoms with E-state index in [1.807, 2.05) is 36.6 Å². The molecule has 6 heteroatoms. The molecule has 2 rings (SSSR count). The van der Waals surface area contributed by atoms with Crippen LogP contribution < -0.4 is 4.90 Å². The molecule has 1 heterocycles. The average Bonchev–Trinajstić information content (AvgIpc) is 2.46. The first-order chi connectivity index (χ1) is 9.13. The third kappa shape index (κ3) is 3.05. The maximum atomic E-state index is 12.3. The highest BCUT2D eigenvalue weighted by Crippen LogP contribution is 2.20. The summed E-state index contributed by atoms with van der Waals surface area (Å²) >= 11 is 7.40. The van der Waals surface area contributed by atoms with E-state index in [0.717, 1.165) is 5.69 Å². The standard InChI is InChI=1S/C13H12ClN3OS/c1-17(9-6-4-3-5-7-9)12(18)10-8-15-13(19-2)16-11(10)14/h3-8H,1-2H3. The number of halogens is 1. The van der Waals surface area contributed by atoms with Gasteiger partial charge in [-0.1, -0.05) is 41.6 Å². The van der Waals surface area contributed by atoms with Crippen molar-refractivity contribution in [2.75, 3.05) is 18.2 Å². The van der Waals surface area contributed by atoms with E-state index in [1.54, 1.807) is 7.05 Å². The van der Waals surface area contributed by atoms with E-state index in [1.165, 1.54) is 22.9 Å². The molecule has 1 aromatic carbocycles. The number of amides is 1. The van der Waals surface area contributed by atoms with Gasteiger partial charge in [-0.2, -0.15) is 0 Å². The molecule has 0 saturated heterocycles. The summed E-state index contributed by atoms with van der Waals surface area (Å²) in [6.07, 6.45) is 3.31. The molecule has 0 atom stereocenters. The van der Waals surface area contributed by atoms with Gasteiger partial charge >= 0.3 is 0 Å². The maximum Gasteiger partial charge on any atom is 0.262 e. The van der Waals surface area contributed by atoms with Crippen molar-refractivity contribution in [1.29, 1.82) is 0 Å². The number of anilines is 1. The van der Waals surface area contributed by atoms with E-state index < -0.39 is 0 Å². The normalized spacial score (nSPS) is 10.3. The van der Waals surface area contributed by atoms with Gasteiger partial charge in [-0.05, 0) is 18.4 Å². The Morgan fingerprint density at radius 2 is 2.00 bits per heavy atom. The molecule has 0 aliphatic rings. The Labute approximate surface area is 120 Å². The van der Waals surface area contributed by atoms with Crippen LogP contribution in [0.25, 0.3) is 0 Å². The number of carbonyl (C=O) groups excluding carboxylic acids is 1. The molecule has 1 amide bonds. The second kappa shape index (κ2) is 6.04. The molecule has 4 nitrogen and oxygen atoms in total. The number of hydrogen-bond acceptors (Lipinski definition) is 4. The third-order valence-electron chi connectivity index (χ3n) is 2.58. The smallest absolute Gasteiger partial charge is 0.262 e. The summed E-state index contributed by atoms with van der Waals surface area (Å²) in [4.78, 5) is 22.0. The Morgan fingerprint density at radius 1 is 1.32 bits per heavy atom. The predicted octanol–water partition coefficient (Wildman–Crippen LogP) is 3.13. The van der Waals surface area contributed by atoms with Crippen LogP contribution in [-0.4, -0.2) is 29.2 Å². The monoisotopic (exact) mass is 293 g/mol. The van der Waals surface area contributed by atoms with Crippen LogP contribution in [0, 0.1) is 0 Å². The minimum Gasteiger partial charge on any atom is -0.311 e. The van der Waals surface area contributed by atoms with E-state index in [4.69, 9.17) is 11.6 Å². The molecule has 98 valence electrons. The predicted molar refractivity (Wildman–Crippen MR) is 78.0 cm³/mol. The zero-order chi connectivity index (χ0) is 13.8. The molecule has 0 N–H and O–H groups in total. The Balaban J connectivity index is 2.29. The Kier molecular flexibility index (Phi) is 4.39. The fraction of sp³-hybridized carbons (Fsp3) is 0.154. The molecule has 0 aliphatic heterocycles. The van der Waals surface area contributed by atoms with Gasteiger partial charge in [-0.15, -0.1) is 0 Å². The first-order valence-corrected chi connectivity index (χ1v) is 7.13. The van der Waals surface area contributed by atoms with Crippen molar-refractivity contribution in [2.45, 2.75) is 5.16 Å². The summed E-state index contributed by atoms with van der Waals surface area (Å²) in [6, 6.07) is 9.33. The lowest BCUT2D eigenvalue weighted by Gasteiger charge is -2.17. The first kappa shape index (κ1) is 13.8. The second-order valence-electron chi connectivity index (χ2n) is 3.76. The Morgan fingerprint density at radius 3 is 2.58 bits per heavy atom. The van der Waals surface area contributed by atoms with Crippen LogP contribution in [0.15, 0.2) is 41.7 Å². The number of nitrogens with zero attached hydrogens (tertiary/aromatic N) is 3. The minimum absolute atomic E-state index is 0.173. The molecule has 0 aliphatic carbocycles. The molecule has 0 spiro atoms. The Hall–Kier alpha value is -1.59. The van der Waals surface area contributed by atoms with E-state index >= 15 is 0 Å². The van der Waals surface area contributed by atoms with Crippen molar-refractivity contribution >= 4 is 35.0 Å². The highest BCUT2D eigenvalue weighted by Gasteiger charge is 2.18. The molecule has 19 heavy (non-hydrogen) atoms. The van der Waals surface area contributed by atoms with Gasteiger partial charge in [0.2, 0.25) is 0 Å². The number of carbonyl (C=O) groups is 1. The Bertz CT molecular complexity index is 592. The molecule has 2 aromatic rings. The number of hydrogen-bond donors (Lipinski definition) is 0. The second-order valence-corrected chi connectivity index (χ2v) is 4.89. The summed E-state index contributed by atoms with van der Waals surface area (Å²) in [5.41, 5.74) is 1.09. The van der Waals surface area contributed by atoms with E-state index in [-0.39, 0.29) is 11.1 Å². The van der Waals surface area contributed by atoms with Crippen LogP contribution in [0.2, 0.25) is 5.15 Å². The molecule has 1 aromatic heterocycles. The van der Waals surface area contributed by atoms with Gasteiger partial charge in [-0.3, -0.25) is 4.79 Å². The maximum absolute atomic E-state index is 12.3. The van der Waals surface area contributed by atoms with Crippen molar-refractivity contribution in [3.05, 3.63) is 47.2 Å². The van der Waals surface area contributed by atoms with Crippen molar-refractivity contribution in [3.8, 4) is 0 Å². The number of thioether (sulfide) groups is 1. The number of rotatable bonds is 3. The van der Waals surface area contributed by atoms with Gasteiger partial charge in [0.15, 0.2) is 5.16 Å². The quantitative estimate of drug-likeness (QED) is 0.495. The van der Waals surface area contributed by atoms with Crippen LogP contribution >= 0.6 is 23.4 Å². The van der Waals surface area contributed by atoms with Gasteiger partial charge in [0.25, 0.3) is 5.91 Å². The van der Waals surface area contributed by atoms with Gasteiger partial charge in [0.1, 0.15) is 5.15 Å². The van der Waals surface area contributed by atoms with Crippen LogP contribution in [0.5, 0.6) is 0 Å². The van der Waals surface area contributed by atoms with Crippen LogP contribution in [0.4, 0.5) is 5.69 Å². The third-order valence-corrected chi connectivity index (χ3v) is 3.43. The molecule has 0 radical (unpaired) electrons. The fourth-order valence-corrected chi connectivity index (χ4v) is 2.14. The minimum atomic E-state index is -0.233. The van der Waals surface area contributed by atoms with Crippen molar-refractivity contribution < 1.29 is 4.79 Å². The number of benzene rings is 1. The van der Waals surface area contributed by atoms with Gasteiger partial charge in [0, 0.05) is 18.9 Å². The molecule has 0 unspecified atom stereocenters. The molecular weight excluding hydrogens is 282 g/mol. The zero-order valence-corrected chi connectivity index (χ0v) is 12.1. The largest absolute Gasteiger partial charge is 0.311 e. The van der Waals surface area contributed by atoms with E-state index in [0.29, 0.717) is 10.7 Å². The summed E-state index contributed by atoms with van der Waals surface area (Å²) in [7, 11) is 1.69. The van der Waals surface area contributed by atoms with Crippen molar-refractivity contribution in [1.82, 2.24) is 9.97 Å².